The van der Waals surface area contributed by atoms with Gasteiger partial charge in [-0.05, 0) is 34.1 Å². The Balaban J connectivity index is 2.02. The first-order valence-corrected chi connectivity index (χ1v) is 6.71. The average Bonchev–Trinajstić information content (AvgIpc) is 2.78. The van der Waals surface area contributed by atoms with E-state index in [1.807, 2.05) is 0 Å². The molecule has 0 aliphatic carbocycles. The van der Waals surface area contributed by atoms with Crippen LogP contribution in [0.4, 0.5) is 0 Å². The number of hydrogen-bond donors (Lipinski definition) is 2. The Hall–Kier alpha value is -1.60. The zero-order chi connectivity index (χ0) is 13.8. The molecule has 5 nitrogen and oxygen atoms in total. The number of benzene rings is 1. The molecule has 2 N–H and O–H groups in total. The van der Waals surface area contributed by atoms with Crippen molar-refractivity contribution in [3.05, 3.63) is 50.8 Å². The van der Waals surface area contributed by atoms with Crippen LogP contribution < -0.4 is 5.43 Å². The lowest BCUT2D eigenvalue weighted by Gasteiger charge is -1.99. The van der Waals surface area contributed by atoms with Gasteiger partial charge in [0, 0.05) is 16.1 Å². The quantitative estimate of drug-likeness (QED) is 0.626. The van der Waals surface area contributed by atoms with E-state index in [2.05, 4.69) is 42.4 Å². The van der Waals surface area contributed by atoms with Crippen LogP contribution in [-0.4, -0.2) is 17.2 Å². The molecule has 0 saturated heterocycles. The van der Waals surface area contributed by atoms with E-state index in [1.54, 1.807) is 12.1 Å². The first-order chi connectivity index (χ1) is 9.06. The summed E-state index contributed by atoms with van der Waals surface area (Å²) in [5.41, 5.74) is 2.79. The lowest BCUT2D eigenvalue weighted by Crippen LogP contribution is -2.16. The summed E-state index contributed by atoms with van der Waals surface area (Å²) in [4.78, 5) is 11.6. The average molecular weight is 388 g/mol. The first kappa shape index (κ1) is 13.8. The highest BCUT2D eigenvalue weighted by atomic mass is 79.9. The predicted molar refractivity (Wildman–Crippen MR) is 77.3 cm³/mol. The van der Waals surface area contributed by atoms with Crippen molar-refractivity contribution in [3.8, 4) is 5.75 Å². The van der Waals surface area contributed by atoms with Crippen molar-refractivity contribution in [1.29, 1.82) is 0 Å². The fourth-order valence-electron chi connectivity index (χ4n) is 1.27. The molecule has 0 atom stereocenters. The minimum Gasteiger partial charge on any atom is -0.507 e. The van der Waals surface area contributed by atoms with Crippen LogP contribution in [0.3, 0.4) is 0 Å². The summed E-state index contributed by atoms with van der Waals surface area (Å²) in [6.07, 6.45) is 2.75. The molecule has 98 valence electrons. The van der Waals surface area contributed by atoms with Crippen molar-refractivity contribution >= 4 is 44.0 Å². The number of aromatic hydroxyl groups is 1. The van der Waals surface area contributed by atoms with E-state index in [4.69, 9.17) is 4.42 Å². The molecular weight excluding hydrogens is 380 g/mol. The normalized spacial score (nSPS) is 10.8. The van der Waals surface area contributed by atoms with Crippen LogP contribution in [0.5, 0.6) is 5.75 Å². The van der Waals surface area contributed by atoms with Crippen LogP contribution in [0.2, 0.25) is 0 Å². The number of amides is 1. The Bertz CT molecular complexity index is 638. The summed E-state index contributed by atoms with van der Waals surface area (Å²) in [5, 5.41) is 13.4. The SMILES string of the molecule is O=C(N/N=C\c1ccc(Br)cc1O)c1cc(Br)co1. The molecule has 1 heterocycles. The number of hydrazone groups is 1. The predicted octanol–water partition coefficient (Wildman–Crippen LogP) is 3.27. The van der Waals surface area contributed by atoms with E-state index in [9.17, 15) is 9.90 Å². The van der Waals surface area contributed by atoms with Gasteiger partial charge in [0.1, 0.15) is 12.0 Å². The van der Waals surface area contributed by atoms with Crippen LogP contribution in [0.25, 0.3) is 0 Å². The van der Waals surface area contributed by atoms with Gasteiger partial charge in [-0.15, -0.1) is 0 Å². The van der Waals surface area contributed by atoms with Gasteiger partial charge in [0.2, 0.25) is 0 Å². The third kappa shape index (κ3) is 3.68. The van der Waals surface area contributed by atoms with Crippen molar-refractivity contribution < 1.29 is 14.3 Å². The Labute approximate surface area is 125 Å². The summed E-state index contributed by atoms with van der Waals surface area (Å²) in [7, 11) is 0. The molecule has 1 aromatic carbocycles. The number of nitrogens with one attached hydrogen (secondary N) is 1. The van der Waals surface area contributed by atoms with Crippen molar-refractivity contribution in [2.24, 2.45) is 5.10 Å². The second kappa shape index (κ2) is 6.03. The molecule has 0 fully saturated rings. The molecular formula is C12H8Br2N2O3. The highest BCUT2D eigenvalue weighted by Crippen LogP contribution is 2.20. The number of halogens is 2. The largest absolute Gasteiger partial charge is 0.507 e. The maximum atomic E-state index is 11.6. The minimum atomic E-state index is -0.474. The highest BCUT2D eigenvalue weighted by Gasteiger charge is 2.08. The van der Waals surface area contributed by atoms with Crippen LogP contribution in [0.15, 0.2) is 49.0 Å². The zero-order valence-corrected chi connectivity index (χ0v) is 12.6. The van der Waals surface area contributed by atoms with Crippen LogP contribution >= 0.6 is 31.9 Å². The third-order valence-corrected chi connectivity index (χ3v) is 3.06. The van der Waals surface area contributed by atoms with Gasteiger partial charge in [0.05, 0.1) is 10.7 Å². The number of carbonyl (C=O) groups is 1. The van der Waals surface area contributed by atoms with Crippen molar-refractivity contribution in [3.63, 3.8) is 0 Å². The molecule has 0 bridgehead atoms. The van der Waals surface area contributed by atoms with Crippen LogP contribution in [0.1, 0.15) is 16.1 Å². The molecule has 2 aromatic rings. The summed E-state index contributed by atoms with van der Waals surface area (Å²) in [6.45, 7) is 0. The van der Waals surface area contributed by atoms with Crippen molar-refractivity contribution in [2.75, 3.05) is 0 Å². The van der Waals surface area contributed by atoms with E-state index in [0.29, 0.717) is 10.0 Å². The molecule has 0 radical (unpaired) electrons. The summed E-state index contributed by atoms with van der Waals surface area (Å²) < 4.78 is 6.41. The lowest BCUT2D eigenvalue weighted by atomic mass is 10.2. The lowest BCUT2D eigenvalue weighted by molar-refractivity contribution is 0.0927. The van der Waals surface area contributed by atoms with Gasteiger partial charge in [0.25, 0.3) is 0 Å². The van der Waals surface area contributed by atoms with E-state index in [-0.39, 0.29) is 11.5 Å². The van der Waals surface area contributed by atoms with Gasteiger partial charge in [0.15, 0.2) is 5.76 Å². The second-order valence-corrected chi connectivity index (χ2v) is 5.36. The van der Waals surface area contributed by atoms with E-state index >= 15 is 0 Å². The van der Waals surface area contributed by atoms with Crippen LogP contribution in [-0.2, 0) is 0 Å². The van der Waals surface area contributed by atoms with E-state index < -0.39 is 5.91 Å². The number of furan rings is 1. The number of phenols is 1. The molecule has 0 aliphatic rings. The summed E-state index contributed by atoms with van der Waals surface area (Å²) in [5.74, 6) is -0.268. The number of phenolic OH excluding ortho intramolecular Hbond substituents is 1. The molecule has 1 aromatic heterocycles. The second-order valence-electron chi connectivity index (χ2n) is 3.53. The Kier molecular flexibility index (Phi) is 4.39. The fourth-order valence-corrected chi connectivity index (χ4v) is 1.92. The Morgan fingerprint density at radius 1 is 1.32 bits per heavy atom. The first-order valence-electron chi connectivity index (χ1n) is 5.12. The molecule has 2 rings (SSSR count). The Morgan fingerprint density at radius 2 is 2.11 bits per heavy atom. The Morgan fingerprint density at radius 3 is 2.74 bits per heavy atom. The van der Waals surface area contributed by atoms with Gasteiger partial charge < -0.3 is 9.52 Å². The van der Waals surface area contributed by atoms with Gasteiger partial charge in [-0.2, -0.15) is 5.10 Å². The minimum absolute atomic E-state index is 0.0631. The number of hydrogen-bond acceptors (Lipinski definition) is 4. The summed E-state index contributed by atoms with van der Waals surface area (Å²) >= 11 is 6.40. The maximum Gasteiger partial charge on any atom is 0.307 e. The molecule has 0 saturated carbocycles. The maximum absolute atomic E-state index is 11.6. The third-order valence-electron chi connectivity index (χ3n) is 2.15. The van der Waals surface area contributed by atoms with Gasteiger partial charge in [-0.3, -0.25) is 4.79 Å². The molecule has 0 spiro atoms. The summed E-state index contributed by atoms with van der Waals surface area (Å²) in [6, 6.07) is 6.49. The molecule has 0 unspecified atom stereocenters. The number of rotatable bonds is 3. The van der Waals surface area contributed by atoms with Gasteiger partial charge in [-0.1, -0.05) is 15.9 Å². The monoisotopic (exact) mass is 386 g/mol. The molecule has 7 heteroatoms. The fraction of sp³-hybridized carbons (Fsp3) is 0. The smallest absolute Gasteiger partial charge is 0.307 e. The van der Waals surface area contributed by atoms with Crippen molar-refractivity contribution in [2.45, 2.75) is 0 Å². The number of nitrogens with zero attached hydrogens (tertiary/aromatic N) is 1. The van der Waals surface area contributed by atoms with E-state index in [0.717, 1.165) is 4.47 Å². The van der Waals surface area contributed by atoms with E-state index in [1.165, 1.54) is 24.6 Å². The molecule has 0 aliphatic heterocycles. The number of carbonyl (C=O) groups excluding carboxylic acids is 1. The van der Waals surface area contributed by atoms with Crippen LogP contribution in [0, 0.1) is 0 Å². The van der Waals surface area contributed by atoms with Crippen molar-refractivity contribution in [1.82, 2.24) is 5.43 Å². The zero-order valence-electron chi connectivity index (χ0n) is 9.43. The standard InChI is InChI=1S/C12H8Br2N2O3/c13-8-2-1-7(10(17)3-8)5-15-16-12(18)11-4-9(14)6-19-11/h1-6,17H,(H,16,18)/b15-5-. The topological polar surface area (TPSA) is 74.8 Å². The molecule has 1 amide bonds. The molecule has 19 heavy (non-hydrogen) atoms. The highest BCUT2D eigenvalue weighted by molar-refractivity contribution is 9.10. The van der Waals surface area contributed by atoms with Gasteiger partial charge >= 0.3 is 5.91 Å². The van der Waals surface area contributed by atoms with Gasteiger partial charge in [-0.25, -0.2) is 5.43 Å².